The minimum Gasteiger partial charge on any atom is -0.382 e. The molecule has 1 amide bonds. The molecule has 0 aliphatic heterocycles. The molecule has 6 nitrogen and oxygen atoms in total. The van der Waals surface area contributed by atoms with Crippen LogP contribution in [0.1, 0.15) is 22.3 Å². The van der Waals surface area contributed by atoms with Crippen molar-refractivity contribution in [3.8, 4) is 10.6 Å². The Hall–Kier alpha value is -2.32. The molecule has 3 aromatic heterocycles. The fourth-order valence-corrected chi connectivity index (χ4v) is 3.52. The number of amides is 1. The van der Waals surface area contributed by atoms with E-state index in [9.17, 15) is 4.79 Å². The number of aromatic nitrogens is 3. The molecule has 0 atom stereocenters. The van der Waals surface area contributed by atoms with Crippen LogP contribution in [0.5, 0.6) is 0 Å². The molecule has 0 aliphatic carbocycles. The summed E-state index contributed by atoms with van der Waals surface area (Å²) in [6.45, 7) is 2.12. The third kappa shape index (κ3) is 2.97. The molecule has 22 heavy (non-hydrogen) atoms. The highest BCUT2D eigenvalue weighted by Gasteiger charge is 2.14. The molecular weight excluding hydrogens is 318 g/mol. The van der Waals surface area contributed by atoms with Crippen molar-refractivity contribution in [2.75, 3.05) is 11.1 Å². The lowest BCUT2D eigenvalue weighted by Gasteiger charge is -2.02. The molecule has 3 N–H and O–H groups in total. The molecule has 112 valence electrons. The average Bonchev–Trinajstić information content (AvgIpc) is 3.16. The summed E-state index contributed by atoms with van der Waals surface area (Å²) < 4.78 is 0. The van der Waals surface area contributed by atoms with Crippen LogP contribution in [0.4, 0.5) is 10.9 Å². The van der Waals surface area contributed by atoms with E-state index in [0.717, 1.165) is 17.0 Å². The van der Waals surface area contributed by atoms with E-state index in [1.807, 2.05) is 11.4 Å². The van der Waals surface area contributed by atoms with Crippen molar-refractivity contribution in [2.24, 2.45) is 0 Å². The van der Waals surface area contributed by atoms with E-state index < -0.39 is 5.91 Å². The minimum atomic E-state index is -0.410. The zero-order valence-electron chi connectivity index (χ0n) is 11.7. The van der Waals surface area contributed by atoms with Gasteiger partial charge in [-0.05, 0) is 18.6 Å². The van der Waals surface area contributed by atoms with Gasteiger partial charge in [0, 0.05) is 22.7 Å². The van der Waals surface area contributed by atoms with Gasteiger partial charge in [-0.15, -0.1) is 22.7 Å². The normalized spacial score (nSPS) is 10.6. The third-order valence-electron chi connectivity index (χ3n) is 2.93. The number of aryl methyl sites for hydroxylation is 1. The van der Waals surface area contributed by atoms with Gasteiger partial charge >= 0.3 is 0 Å². The highest BCUT2D eigenvalue weighted by Crippen LogP contribution is 2.31. The minimum absolute atomic E-state index is 0.0997. The van der Waals surface area contributed by atoms with E-state index in [1.54, 1.807) is 11.3 Å². The van der Waals surface area contributed by atoms with Crippen LogP contribution in [0.3, 0.4) is 0 Å². The van der Waals surface area contributed by atoms with Crippen LogP contribution in [0.25, 0.3) is 10.6 Å². The summed E-state index contributed by atoms with van der Waals surface area (Å²) in [5.41, 5.74) is 6.60. The molecule has 0 aliphatic rings. The number of carbonyl (C=O) groups excluding carboxylic acids is 1. The molecule has 0 aromatic carbocycles. The molecule has 0 saturated carbocycles. The second-order valence-corrected chi connectivity index (χ2v) is 6.43. The number of carbonyl (C=O) groups is 1. The van der Waals surface area contributed by atoms with Crippen molar-refractivity contribution >= 4 is 39.5 Å². The standard InChI is InChI=1S/C14H13N5OS2/c1-2-8-3-4-10(22-8)9-7-21-14(18-9)19-13(20)11-12(15)17-6-5-16-11/h3-7H,2H2,1H3,(H2,15,17)(H,18,19,20). The van der Waals surface area contributed by atoms with E-state index in [-0.39, 0.29) is 11.5 Å². The van der Waals surface area contributed by atoms with Crippen molar-refractivity contribution in [3.63, 3.8) is 0 Å². The van der Waals surface area contributed by atoms with Crippen molar-refractivity contribution in [1.29, 1.82) is 0 Å². The molecule has 0 bridgehead atoms. The van der Waals surface area contributed by atoms with E-state index in [1.165, 1.54) is 28.6 Å². The van der Waals surface area contributed by atoms with Crippen molar-refractivity contribution in [1.82, 2.24) is 15.0 Å². The number of thiophene rings is 1. The SMILES string of the molecule is CCc1ccc(-c2csc(NC(=O)c3nccnc3N)n2)s1. The highest BCUT2D eigenvalue weighted by molar-refractivity contribution is 7.17. The Morgan fingerprint density at radius 2 is 2.14 bits per heavy atom. The summed E-state index contributed by atoms with van der Waals surface area (Å²) >= 11 is 3.07. The van der Waals surface area contributed by atoms with Crippen LogP contribution >= 0.6 is 22.7 Å². The topological polar surface area (TPSA) is 93.8 Å². The lowest BCUT2D eigenvalue weighted by atomic mass is 10.3. The molecule has 0 radical (unpaired) electrons. The number of nitrogens with zero attached hydrogens (tertiary/aromatic N) is 3. The smallest absolute Gasteiger partial charge is 0.279 e. The first-order valence-corrected chi connectivity index (χ1v) is 8.29. The Morgan fingerprint density at radius 3 is 2.86 bits per heavy atom. The summed E-state index contributed by atoms with van der Waals surface area (Å²) in [7, 11) is 0. The molecule has 3 aromatic rings. The van der Waals surface area contributed by atoms with E-state index >= 15 is 0 Å². The van der Waals surface area contributed by atoms with Gasteiger partial charge in [-0.3, -0.25) is 10.1 Å². The molecule has 0 saturated heterocycles. The predicted molar refractivity (Wildman–Crippen MR) is 89.2 cm³/mol. The monoisotopic (exact) mass is 331 g/mol. The summed E-state index contributed by atoms with van der Waals surface area (Å²) in [5, 5.41) is 5.13. The highest BCUT2D eigenvalue weighted by atomic mass is 32.1. The third-order valence-corrected chi connectivity index (χ3v) is 4.94. The summed E-state index contributed by atoms with van der Waals surface area (Å²) in [4.78, 5) is 26.7. The van der Waals surface area contributed by atoms with Gasteiger partial charge in [0.2, 0.25) is 0 Å². The maximum atomic E-state index is 12.1. The summed E-state index contributed by atoms with van der Waals surface area (Å²) in [6, 6.07) is 4.14. The van der Waals surface area contributed by atoms with Crippen LogP contribution in [0.2, 0.25) is 0 Å². The Kier molecular flexibility index (Phi) is 4.12. The summed E-state index contributed by atoms with van der Waals surface area (Å²) in [6.07, 6.45) is 3.87. The van der Waals surface area contributed by atoms with Gasteiger partial charge in [0.15, 0.2) is 16.6 Å². The lowest BCUT2D eigenvalue weighted by Crippen LogP contribution is -2.16. The molecule has 0 spiro atoms. The summed E-state index contributed by atoms with van der Waals surface area (Å²) in [5.74, 6) is -0.311. The maximum Gasteiger partial charge on any atom is 0.279 e. The number of nitrogens with one attached hydrogen (secondary N) is 1. The molecule has 0 fully saturated rings. The van der Waals surface area contributed by atoms with Crippen LogP contribution < -0.4 is 11.1 Å². The van der Waals surface area contributed by atoms with Gasteiger partial charge in [0.25, 0.3) is 5.91 Å². The number of nitrogen functional groups attached to an aromatic ring is 1. The predicted octanol–water partition coefficient (Wildman–Crippen LogP) is 3.06. The molecule has 3 rings (SSSR count). The largest absolute Gasteiger partial charge is 0.382 e. The van der Waals surface area contributed by atoms with Crippen molar-refractivity contribution < 1.29 is 4.79 Å². The number of nitrogens with two attached hydrogens (primary N) is 1. The van der Waals surface area contributed by atoms with Gasteiger partial charge in [0.05, 0.1) is 10.6 Å². The zero-order chi connectivity index (χ0) is 15.5. The molecular formula is C14H13N5OS2. The Bertz CT molecular complexity index is 811. The van der Waals surface area contributed by atoms with Gasteiger partial charge in [-0.25, -0.2) is 15.0 Å². The second-order valence-electron chi connectivity index (χ2n) is 4.40. The number of hydrogen-bond donors (Lipinski definition) is 2. The second kappa shape index (κ2) is 6.20. The van der Waals surface area contributed by atoms with Crippen molar-refractivity contribution in [3.05, 3.63) is 40.5 Å². The first-order valence-electron chi connectivity index (χ1n) is 6.60. The Labute approximate surface area is 135 Å². The number of rotatable bonds is 4. The first kappa shape index (κ1) is 14.6. The molecule has 3 heterocycles. The van der Waals surface area contributed by atoms with Crippen molar-refractivity contribution in [2.45, 2.75) is 13.3 Å². The van der Waals surface area contributed by atoms with Crippen LogP contribution in [0, 0.1) is 0 Å². The average molecular weight is 331 g/mol. The lowest BCUT2D eigenvalue weighted by molar-refractivity contribution is 0.102. The maximum absolute atomic E-state index is 12.1. The Balaban J connectivity index is 1.77. The molecule has 0 unspecified atom stereocenters. The van der Waals surface area contributed by atoms with E-state index in [0.29, 0.717) is 5.13 Å². The van der Waals surface area contributed by atoms with Gasteiger partial charge in [-0.1, -0.05) is 6.92 Å². The quantitative estimate of drug-likeness (QED) is 0.766. The fourth-order valence-electron chi connectivity index (χ4n) is 1.83. The fraction of sp³-hybridized carbons (Fsp3) is 0.143. The number of anilines is 2. The van der Waals surface area contributed by atoms with Crippen LogP contribution in [0.15, 0.2) is 29.9 Å². The number of thiazole rings is 1. The van der Waals surface area contributed by atoms with Crippen LogP contribution in [-0.4, -0.2) is 20.9 Å². The first-order chi connectivity index (χ1) is 10.7. The van der Waals surface area contributed by atoms with Crippen LogP contribution in [-0.2, 0) is 6.42 Å². The van der Waals surface area contributed by atoms with Gasteiger partial charge in [-0.2, -0.15) is 0 Å². The van der Waals surface area contributed by atoms with Gasteiger partial charge in [0.1, 0.15) is 0 Å². The Morgan fingerprint density at radius 1 is 1.32 bits per heavy atom. The molecule has 8 heteroatoms. The number of hydrogen-bond acceptors (Lipinski definition) is 7. The van der Waals surface area contributed by atoms with E-state index in [2.05, 4.69) is 33.3 Å². The van der Waals surface area contributed by atoms with E-state index in [4.69, 9.17) is 5.73 Å². The zero-order valence-corrected chi connectivity index (χ0v) is 13.4. The van der Waals surface area contributed by atoms with Gasteiger partial charge < -0.3 is 5.73 Å².